The fourth-order valence-corrected chi connectivity index (χ4v) is 4.94. The van der Waals surface area contributed by atoms with E-state index in [1.807, 2.05) is 44.2 Å². The summed E-state index contributed by atoms with van der Waals surface area (Å²) < 4.78 is 0.857. The number of para-hydroxylation sites is 1. The zero-order valence-corrected chi connectivity index (χ0v) is 18.9. The first-order valence-electron chi connectivity index (χ1n) is 10.7. The fraction of sp³-hybridized carbons (Fsp3) is 0.375. The molecule has 3 aromatic rings. The molecule has 162 valence electrons. The summed E-state index contributed by atoms with van der Waals surface area (Å²) in [6.07, 6.45) is 4.35. The largest absolute Gasteiger partial charge is 0.335 e. The molecule has 1 aliphatic carbocycles. The quantitative estimate of drug-likeness (QED) is 0.479. The number of nitrogens with one attached hydrogen (secondary N) is 3. The third kappa shape index (κ3) is 5.05. The van der Waals surface area contributed by atoms with Crippen molar-refractivity contribution in [2.24, 2.45) is 5.92 Å². The first kappa shape index (κ1) is 21.3. The molecule has 7 heteroatoms. The average molecular weight is 437 g/mol. The number of anilines is 2. The normalized spacial score (nSPS) is 18.5. The van der Waals surface area contributed by atoms with E-state index >= 15 is 0 Å². The van der Waals surface area contributed by atoms with Gasteiger partial charge in [-0.2, -0.15) is 0 Å². The van der Waals surface area contributed by atoms with Gasteiger partial charge in [0.05, 0.1) is 10.2 Å². The van der Waals surface area contributed by atoms with Crippen molar-refractivity contribution in [3.05, 3.63) is 53.1 Å². The molecule has 3 amide bonds. The van der Waals surface area contributed by atoms with Crippen molar-refractivity contribution in [1.82, 2.24) is 10.3 Å². The van der Waals surface area contributed by atoms with Crippen molar-refractivity contribution in [1.29, 1.82) is 0 Å². The second-order valence-corrected chi connectivity index (χ2v) is 9.51. The molecule has 1 heterocycles. The molecule has 1 saturated carbocycles. The number of thiazole rings is 1. The first-order valence-corrected chi connectivity index (χ1v) is 11.6. The number of nitrogens with zero attached hydrogens (tertiary/aromatic N) is 1. The van der Waals surface area contributed by atoms with Gasteiger partial charge < -0.3 is 10.6 Å². The Morgan fingerprint density at radius 1 is 1.00 bits per heavy atom. The number of urea groups is 1. The second-order valence-electron chi connectivity index (χ2n) is 8.48. The van der Waals surface area contributed by atoms with Gasteiger partial charge in [-0.15, -0.1) is 0 Å². The summed E-state index contributed by atoms with van der Waals surface area (Å²) in [5.74, 6) is 0.581. The van der Waals surface area contributed by atoms with Crippen LogP contribution in [0.25, 0.3) is 10.2 Å². The molecule has 0 saturated heterocycles. The lowest BCUT2D eigenvalue weighted by atomic mass is 9.87. The highest BCUT2D eigenvalue weighted by Crippen LogP contribution is 2.28. The van der Waals surface area contributed by atoms with E-state index in [9.17, 15) is 9.59 Å². The highest BCUT2D eigenvalue weighted by molar-refractivity contribution is 7.22. The zero-order chi connectivity index (χ0) is 22.0. The van der Waals surface area contributed by atoms with Gasteiger partial charge >= 0.3 is 6.03 Å². The number of aromatic nitrogens is 1. The highest BCUT2D eigenvalue weighted by atomic mass is 32.1. The molecule has 3 N–H and O–H groups in total. The SMILES string of the molecule is Cc1cccc(C)c1NC(=O)c1ccc2nc(NC(=O)NC3CCC(C)CC3)sc2c1. The van der Waals surface area contributed by atoms with Gasteiger partial charge in [-0.1, -0.05) is 36.5 Å². The van der Waals surface area contributed by atoms with E-state index < -0.39 is 0 Å². The maximum absolute atomic E-state index is 12.8. The number of carbonyl (C=O) groups excluding carboxylic acids is 2. The van der Waals surface area contributed by atoms with E-state index in [1.54, 1.807) is 6.07 Å². The summed E-state index contributed by atoms with van der Waals surface area (Å²) >= 11 is 1.37. The summed E-state index contributed by atoms with van der Waals surface area (Å²) in [5, 5.41) is 9.45. The molecule has 0 spiro atoms. The number of hydrogen-bond donors (Lipinski definition) is 3. The molecule has 6 nitrogen and oxygen atoms in total. The van der Waals surface area contributed by atoms with Crippen molar-refractivity contribution >= 4 is 44.3 Å². The summed E-state index contributed by atoms with van der Waals surface area (Å²) in [4.78, 5) is 29.6. The topological polar surface area (TPSA) is 83.1 Å². The maximum atomic E-state index is 12.8. The van der Waals surface area contributed by atoms with Gasteiger partial charge in [-0.3, -0.25) is 10.1 Å². The lowest BCUT2D eigenvalue weighted by Gasteiger charge is -2.26. The Hall–Kier alpha value is -2.93. The Morgan fingerprint density at radius 3 is 2.42 bits per heavy atom. The van der Waals surface area contributed by atoms with Gasteiger partial charge in [-0.25, -0.2) is 9.78 Å². The number of carbonyl (C=O) groups is 2. The first-order chi connectivity index (χ1) is 14.9. The van der Waals surface area contributed by atoms with Gasteiger partial charge in [0.1, 0.15) is 0 Å². The summed E-state index contributed by atoms with van der Waals surface area (Å²) in [6.45, 7) is 6.21. The maximum Gasteiger partial charge on any atom is 0.321 e. The van der Waals surface area contributed by atoms with Crippen LogP contribution >= 0.6 is 11.3 Å². The molecular formula is C24H28N4O2S. The Labute approximate surface area is 186 Å². The Morgan fingerprint density at radius 2 is 1.71 bits per heavy atom. The van der Waals surface area contributed by atoms with E-state index in [-0.39, 0.29) is 18.0 Å². The van der Waals surface area contributed by atoms with Crippen molar-refractivity contribution in [3.63, 3.8) is 0 Å². The van der Waals surface area contributed by atoms with Crippen LogP contribution in [0.3, 0.4) is 0 Å². The Bertz CT molecular complexity index is 1100. The van der Waals surface area contributed by atoms with Gasteiger partial charge in [0.25, 0.3) is 5.91 Å². The van der Waals surface area contributed by atoms with E-state index in [0.29, 0.717) is 10.7 Å². The van der Waals surface area contributed by atoms with Crippen molar-refractivity contribution < 1.29 is 9.59 Å². The van der Waals surface area contributed by atoms with Crippen molar-refractivity contribution in [3.8, 4) is 0 Å². The van der Waals surface area contributed by atoms with Crippen LogP contribution in [0, 0.1) is 19.8 Å². The molecule has 1 fully saturated rings. The predicted molar refractivity (Wildman–Crippen MR) is 127 cm³/mol. The molecule has 0 aliphatic heterocycles. The van der Waals surface area contributed by atoms with Crippen LogP contribution in [0.2, 0.25) is 0 Å². The number of benzene rings is 2. The fourth-order valence-electron chi connectivity index (χ4n) is 4.04. The molecule has 2 aromatic carbocycles. The van der Waals surface area contributed by atoms with Gasteiger partial charge in [0.15, 0.2) is 5.13 Å². The standard InChI is InChI=1S/C24H28N4O2S/c1-14-7-10-18(11-8-14)25-23(30)28-24-26-19-12-9-17(13-20(19)31-24)22(29)27-21-15(2)5-4-6-16(21)3/h4-6,9,12-14,18H,7-8,10-11H2,1-3H3,(H,27,29)(H2,25,26,28,30). The third-order valence-electron chi connectivity index (χ3n) is 5.94. The van der Waals surface area contributed by atoms with Crippen molar-refractivity contribution in [2.75, 3.05) is 10.6 Å². The Kier molecular flexibility index (Phi) is 6.23. The van der Waals surface area contributed by atoms with Crippen LogP contribution in [0.15, 0.2) is 36.4 Å². The molecular weight excluding hydrogens is 408 g/mol. The van der Waals surface area contributed by atoms with Crippen LogP contribution < -0.4 is 16.0 Å². The molecule has 0 unspecified atom stereocenters. The molecule has 31 heavy (non-hydrogen) atoms. The molecule has 1 aromatic heterocycles. The van der Waals surface area contributed by atoms with Crippen LogP contribution in [0.1, 0.15) is 54.1 Å². The smallest absolute Gasteiger partial charge is 0.321 e. The minimum atomic E-state index is -0.216. The molecule has 0 bridgehead atoms. The minimum Gasteiger partial charge on any atom is -0.335 e. The molecule has 1 aliphatic rings. The molecule has 0 atom stereocenters. The average Bonchev–Trinajstić information content (AvgIpc) is 3.13. The molecule has 0 radical (unpaired) electrons. The van der Waals surface area contributed by atoms with Crippen LogP contribution in [-0.2, 0) is 0 Å². The number of rotatable bonds is 4. The monoisotopic (exact) mass is 436 g/mol. The van der Waals surface area contributed by atoms with E-state index in [2.05, 4.69) is 27.9 Å². The van der Waals surface area contributed by atoms with Gasteiger partial charge in [-0.05, 0) is 74.8 Å². The second kappa shape index (κ2) is 9.06. The Balaban J connectivity index is 1.43. The number of amides is 3. The highest BCUT2D eigenvalue weighted by Gasteiger charge is 2.20. The van der Waals surface area contributed by atoms with E-state index in [4.69, 9.17) is 0 Å². The number of hydrogen-bond acceptors (Lipinski definition) is 4. The van der Waals surface area contributed by atoms with Crippen LogP contribution in [0.5, 0.6) is 0 Å². The minimum absolute atomic E-state index is 0.161. The van der Waals surface area contributed by atoms with Gasteiger partial charge in [0, 0.05) is 17.3 Å². The zero-order valence-electron chi connectivity index (χ0n) is 18.1. The summed E-state index contributed by atoms with van der Waals surface area (Å²) in [6, 6.07) is 11.3. The predicted octanol–water partition coefficient (Wildman–Crippen LogP) is 5.87. The van der Waals surface area contributed by atoms with Crippen molar-refractivity contribution in [2.45, 2.75) is 52.5 Å². The number of fused-ring (bicyclic) bond motifs is 1. The lowest BCUT2D eigenvalue weighted by molar-refractivity contribution is 0.102. The lowest BCUT2D eigenvalue weighted by Crippen LogP contribution is -2.39. The van der Waals surface area contributed by atoms with E-state index in [0.717, 1.165) is 58.6 Å². The third-order valence-corrected chi connectivity index (χ3v) is 6.88. The summed E-state index contributed by atoms with van der Waals surface area (Å²) in [5.41, 5.74) is 4.21. The molecule has 4 rings (SSSR count). The number of aryl methyl sites for hydroxylation is 2. The summed E-state index contributed by atoms with van der Waals surface area (Å²) in [7, 11) is 0. The van der Waals surface area contributed by atoms with E-state index in [1.165, 1.54) is 11.3 Å². The van der Waals surface area contributed by atoms with Gasteiger partial charge in [0.2, 0.25) is 0 Å². The van der Waals surface area contributed by atoms with Crippen LogP contribution in [0.4, 0.5) is 15.6 Å². The van der Waals surface area contributed by atoms with Crippen LogP contribution in [-0.4, -0.2) is 23.0 Å².